The largest absolute Gasteiger partial charge is 0.544 e. The average molecular weight is 244 g/mol. The van der Waals surface area contributed by atoms with Crippen molar-refractivity contribution in [2.24, 2.45) is 5.73 Å². The van der Waals surface area contributed by atoms with E-state index >= 15 is 0 Å². The normalized spacial score (nSPS) is 11.2. The molecule has 5 heteroatoms. The number of nitrogens with two attached hydrogens (primary N) is 1. The zero-order valence-corrected chi connectivity index (χ0v) is 10.8. The molecular weight excluding hydrogens is 230 g/mol. The van der Waals surface area contributed by atoms with Crippen LogP contribution in [0.25, 0.3) is 0 Å². The summed E-state index contributed by atoms with van der Waals surface area (Å²) in [5.74, 6) is -0.0194. The van der Waals surface area contributed by atoms with E-state index < -0.39 is 14.2 Å². The molecular formula is C10H14ClNO2Si. The molecule has 0 saturated heterocycles. The van der Waals surface area contributed by atoms with E-state index in [0.717, 1.165) is 0 Å². The van der Waals surface area contributed by atoms with Gasteiger partial charge in [-0.2, -0.15) is 0 Å². The Kier molecular flexibility index (Phi) is 3.41. The lowest BCUT2D eigenvalue weighted by Crippen LogP contribution is -2.30. The summed E-state index contributed by atoms with van der Waals surface area (Å²) in [5, 5.41) is 0.535. The van der Waals surface area contributed by atoms with Crippen LogP contribution in [0.5, 0.6) is 5.75 Å². The Morgan fingerprint density at radius 2 is 2.00 bits per heavy atom. The van der Waals surface area contributed by atoms with Gasteiger partial charge in [0.15, 0.2) is 0 Å². The molecule has 0 aliphatic heterocycles. The van der Waals surface area contributed by atoms with Gasteiger partial charge in [0.2, 0.25) is 8.32 Å². The van der Waals surface area contributed by atoms with Crippen LogP contribution in [0.4, 0.5) is 0 Å². The van der Waals surface area contributed by atoms with Crippen molar-refractivity contribution >= 4 is 25.8 Å². The third-order valence-corrected chi connectivity index (χ3v) is 2.69. The van der Waals surface area contributed by atoms with Crippen molar-refractivity contribution in [2.75, 3.05) is 0 Å². The fraction of sp³-hybridized carbons (Fsp3) is 0.300. The molecule has 0 spiro atoms. The van der Waals surface area contributed by atoms with Crippen LogP contribution < -0.4 is 10.2 Å². The van der Waals surface area contributed by atoms with E-state index in [9.17, 15) is 4.79 Å². The van der Waals surface area contributed by atoms with Gasteiger partial charge in [0.1, 0.15) is 5.75 Å². The first-order valence-electron chi connectivity index (χ1n) is 4.58. The Morgan fingerprint density at radius 3 is 2.47 bits per heavy atom. The Labute approximate surface area is 95.3 Å². The molecule has 0 saturated carbocycles. The number of primary amides is 1. The molecule has 2 N–H and O–H groups in total. The number of benzene rings is 1. The standard InChI is InChI=1S/C10H14ClNO2Si/c1-15(2,3)14-9-6-7(11)4-5-8(9)10(12)13/h4-6H,1-3H3,(H2,12,13). The van der Waals surface area contributed by atoms with Gasteiger partial charge in [-0.1, -0.05) is 11.6 Å². The maximum Gasteiger partial charge on any atom is 0.252 e. The molecule has 0 aromatic heterocycles. The highest BCUT2D eigenvalue weighted by molar-refractivity contribution is 6.70. The maximum atomic E-state index is 11.1. The number of hydrogen-bond donors (Lipinski definition) is 1. The summed E-state index contributed by atoms with van der Waals surface area (Å²) in [6.07, 6.45) is 0. The van der Waals surface area contributed by atoms with Crippen LogP contribution in [0.3, 0.4) is 0 Å². The highest BCUT2D eigenvalue weighted by Gasteiger charge is 2.20. The van der Waals surface area contributed by atoms with Crippen LogP contribution in [0.15, 0.2) is 18.2 Å². The molecule has 3 nitrogen and oxygen atoms in total. The monoisotopic (exact) mass is 243 g/mol. The summed E-state index contributed by atoms with van der Waals surface area (Å²) < 4.78 is 5.73. The number of amides is 1. The van der Waals surface area contributed by atoms with Crippen LogP contribution >= 0.6 is 11.6 Å². The van der Waals surface area contributed by atoms with Crippen LogP contribution in [-0.4, -0.2) is 14.2 Å². The topological polar surface area (TPSA) is 52.3 Å². The minimum atomic E-state index is -1.76. The van der Waals surface area contributed by atoms with Gasteiger partial charge >= 0.3 is 0 Å². The lowest BCUT2D eigenvalue weighted by molar-refractivity contribution is 0.0998. The first-order chi connectivity index (χ1) is 6.79. The van der Waals surface area contributed by atoms with Crippen molar-refractivity contribution in [2.45, 2.75) is 19.6 Å². The molecule has 0 fully saturated rings. The second-order valence-corrected chi connectivity index (χ2v) is 9.08. The molecule has 1 amide bonds. The Balaban J connectivity index is 3.13. The fourth-order valence-electron chi connectivity index (χ4n) is 1.11. The Hall–Kier alpha value is -1.00. The van der Waals surface area contributed by atoms with E-state index in [1.165, 1.54) is 0 Å². The van der Waals surface area contributed by atoms with Gasteiger partial charge in [-0.05, 0) is 37.8 Å². The maximum absolute atomic E-state index is 11.1. The number of carbonyl (C=O) groups excluding carboxylic acids is 1. The summed E-state index contributed by atoms with van der Waals surface area (Å²) >= 11 is 5.83. The summed E-state index contributed by atoms with van der Waals surface area (Å²) in [6, 6.07) is 4.83. The smallest absolute Gasteiger partial charge is 0.252 e. The van der Waals surface area contributed by atoms with Crippen LogP contribution in [0, 0.1) is 0 Å². The zero-order valence-electron chi connectivity index (χ0n) is 9.00. The second-order valence-electron chi connectivity index (χ2n) is 4.22. The first kappa shape index (κ1) is 12.1. The van der Waals surface area contributed by atoms with Crippen LogP contribution in [0.1, 0.15) is 10.4 Å². The Morgan fingerprint density at radius 1 is 1.40 bits per heavy atom. The van der Waals surface area contributed by atoms with E-state index in [2.05, 4.69) is 0 Å². The van der Waals surface area contributed by atoms with Crippen molar-refractivity contribution < 1.29 is 9.22 Å². The number of hydrogen-bond acceptors (Lipinski definition) is 2. The van der Waals surface area contributed by atoms with Crippen molar-refractivity contribution in [3.8, 4) is 5.75 Å². The molecule has 0 heterocycles. The zero-order chi connectivity index (χ0) is 11.6. The lowest BCUT2D eigenvalue weighted by atomic mass is 10.2. The number of carbonyl (C=O) groups is 1. The highest BCUT2D eigenvalue weighted by Crippen LogP contribution is 2.25. The summed E-state index contributed by atoms with van der Waals surface area (Å²) in [5.41, 5.74) is 5.61. The summed E-state index contributed by atoms with van der Waals surface area (Å²) in [4.78, 5) is 11.1. The lowest BCUT2D eigenvalue weighted by Gasteiger charge is -2.20. The van der Waals surface area contributed by atoms with E-state index in [4.69, 9.17) is 21.8 Å². The molecule has 0 radical (unpaired) electrons. The van der Waals surface area contributed by atoms with Crippen LogP contribution in [-0.2, 0) is 0 Å². The van der Waals surface area contributed by atoms with E-state index in [1.54, 1.807) is 18.2 Å². The van der Waals surface area contributed by atoms with Gasteiger partial charge in [0.05, 0.1) is 5.56 Å². The SMILES string of the molecule is C[Si](C)(C)Oc1cc(Cl)ccc1C(N)=O. The van der Waals surface area contributed by atoms with Crippen molar-refractivity contribution in [1.82, 2.24) is 0 Å². The number of halogens is 1. The molecule has 0 aliphatic rings. The van der Waals surface area contributed by atoms with Gasteiger partial charge in [-0.15, -0.1) is 0 Å². The van der Waals surface area contributed by atoms with Gasteiger partial charge in [-0.25, -0.2) is 0 Å². The molecule has 0 aliphatic carbocycles. The molecule has 1 aromatic carbocycles. The van der Waals surface area contributed by atoms with E-state index in [1.807, 2.05) is 19.6 Å². The first-order valence-corrected chi connectivity index (χ1v) is 8.36. The number of rotatable bonds is 3. The summed E-state index contributed by atoms with van der Waals surface area (Å²) in [7, 11) is -1.76. The molecule has 82 valence electrons. The minimum absolute atomic E-state index is 0.377. The Bertz CT molecular complexity index is 387. The van der Waals surface area contributed by atoms with E-state index in [0.29, 0.717) is 16.3 Å². The van der Waals surface area contributed by atoms with Gasteiger partial charge in [-0.3, -0.25) is 4.79 Å². The third kappa shape index (κ3) is 3.57. The average Bonchev–Trinajstić information content (AvgIpc) is 1.99. The van der Waals surface area contributed by atoms with Crippen LogP contribution in [0.2, 0.25) is 24.7 Å². The third-order valence-electron chi connectivity index (χ3n) is 1.63. The van der Waals surface area contributed by atoms with Gasteiger partial charge < -0.3 is 10.2 Å². The predicted molar refractivity (Wildman–Crippen MR) is 63.9 cm³/mol. The molecule has 15 heavy (non-hydrogen) atoms. The van der Waals surface area contributed by atoms with Crippen molar-refractivity contribution in [3.05, 3.63) is 28.8 Å². The molecule has 1 rings (SSSR count). The van der Waals surface area contributed by atoms with Crippen molar-refractivity contribution in [1.29, 1.82) is 0 Å². The molecule has 0 bridgehead atoms. The minimum Gasteiger partial charge on any atom is -0.544 e. The summed E-state index contributed by atoms with van der Waals surface area (Å²) in [6.45, 7) is 6.08. The van der Waals surface area contributed by atoms with Gasteiger partial charge in [0.25, 0.3) is 5.91 Å². The fourth-order valence-corrected chi connectivity index (χ4v) is 2.10. The predicted octanol–water partition coefficient (Wildman–Crippen LogP) is 2.65. The van der Waals surface area contributed by atoms with E-state index in [-0.39, 0.29) is 0 Å². The molecule has 0 unspecified atom stereocenters. The second kappa shape index (κ2) is 4.24. The molecule has 0 atom stereocenters. The quantitative estimate of drug-likeness (QED) is 0.830. The van der Waals surface area contributed by atoms with Gasteiger partial charge in [0, 0.05) is 5.02 Å². The highest BCUT2D eigenvalue weighted by atomic mass is 35.5. The van der Waals surface area contributed by atoms with Crippen molar-refractivity contribution in [3.63, 3.8) is 0 Å². The molecule has 1 aromatic rings.